The van der Waals surface area contributed by atoms with Crippen LogP contribution in [0.5, 0.6) is 0 Å². The van der Waals surface area contributed by atoms with Gasteiger partial charge >= 0.3 is 5.97 Å². The second kappa shape index (κ2) is 7.73. The van der Waals surface area contributed by atoms with Crippen LogP contribution in [0.15, 0.2) is 29.1 Å². The molecule has 0 atom stereocenters. The molecule has 1 aromatic carbocycles. The third-order valence-corrected chi connectivity index (χ3v) is 5.31. The molecule has 1 N–H and O–H groups in total. The van der Waals surface area contributed by atoms with Crippen LogP contribution in [0.4, 0.5) is 5.69 Å². The molecule has 2 aromatic heterocycles. The average Bonchev–Trinajstić information content (AvgIpc) is 2.94. The smallest absolute Gasteiger partial charge is 0.341 e. The van der Waals surface area contributed by atoms with Gasteiger partial charge in [-0.05, 0) is 50.1 Å². The van der Waals surface area contributed by atoms with E-state index in [0.717, 1.165) is 10.4 Å². The summed E-state index contributed by atoms with van der Waals surface area (Å²) in [5.74, 6) is -0.552. The van der Waals surface area contributed by atoms with Crippen molar-refractivity contribution in [2.24, 2.45) is 0 Å². The molecule has 28 heavy (non-hydrogen) atoms. The number of H-pyrrole nitrogens is 1. The van der Waals surface area contributed by atoms with E-state index < -0.39 is 10.9 Å². The Balaban J connectivity index is 2.15. The van der Waals surface area contributed by atoms with Crippen molar-refractivity contribution in [3.05, 3.63) is 66.6 Å². The molecule has 3 rings (SSSR count). The summed E-state index contributed by atoms with van der Waals surface area (Å²) in [5, 5.41) is 11.3. The molecule has 3 aromatic rings. The fraction of sp³-hybridized carbons (Fsp3) is 0.211. The molecule has 9 heteroatoms. The molecule has 0 aliphatic heterocycles. The summed E-state index contributed by atoms with van der Waals surface area (Å²) in [7, 11) is 0. The highest BCUT2D eigenvalue weighted by Crippen LogP contribution is 2.27. The number of nitro groups is 1. The number of fused-ring (bicyclic) bond motifs is 1. The Morgan fingerprint density at radius 3 is 2.61 bits per heavy atom. The molecule has 0 radical (unpaired) electrons. The molecule has 0 spiro atoms. The van der Waals surface area contributed by atoms with E-state index in [-0.39, 0.29) is 29.3 Å². The number of nitrogens with one attached hydrogen (secondary N) is 1. The first-order valence-corrected chi connectivity index (χ1v) is 9.27. The van der Waals surface area contributed by atoms with Gasteiger partial charge in [0, 0.05) is 17.0 Å². The number of hydrogen-bond donors (Lipinski definition) is 1. The monoisotopic (exact) mass is 399 g/mol. The number of carbonyl (C=O) groups is 1. The summed E-state index contributed by atoms with van der Waals surface area (Å²) in [5.41, 5.74) is 1.07. The van der Waals surface area contributed by atoms with E-state index in [1.165, 1.54) is 41.7 Å². The van der Waals surface area contributed by atoms with Crippen molar-refractivity contribution in [3.63, 3.8) is 0 Å². The fourth-order valence-corrected chi connectivity index (χ4v) is 3.70. The Bertz CT molecular complexity index is 1160. The van der Waals surface area contributed by atoms with Crippen molar-refractivity contribution in [1.82, 2.24) is 9.97 Å². The van der Waals surface area contributed by atoms with Crippen LogP contribution >= 0.6 is 11.3 Å². The minimum Gasteiger partial charge on any atom is -0.462 e. The molecule has 0 saturated carbocycles. The first kappa shape index (κ1) is 19.4. The summed E-state index contributed by atoms with van der Waals surface area (Å²) in [6.45, 7) is 5.58. The summed E-state index contributed by atoms with van der Waals surface area (Å²) >= 11 is 1.38. The molecule has 0 bridgehead atoms. The topological polar surface area (TPSA) is 115 Å². The van der Waals surface area contributed by atoms with Crippen LogP contribution < -0.4 is 5.56 Å². The van der Waals surface area contributed by atoms with Gasteiger partial charge in [0.05, 0.1) is 16.9 Å². The lowest BCUT2D eigenvalue weighted by Gasteiger charge is -2.07. The predicted octanol–water partition coefficient (Wildman–Crippen LogP) is 3.61. The molecule has 0 unspecified atom stereocenters. The van der Waals surface area contributed by atoms with Gasteiger partial charge in [-0.2, -0.15) is 0 Å². The standard InChI is InChI=1S/C19H17N3O5S/c1-4-27-19(24)14(9-12-5-7-13(8-6-12)22(25)26)16-20-17(23)15-10(2)11(3)28-18(15)21-16/h5-9H,4H2,1-3H3,(H,20,21,23)/b14-9-. The summed E-state index contributed by atoms with van der Waals surface area (Å²) in [6, 6.07) is 5.68. The van der Waals surface area contributed by atoms with Crippen molar-refractivity contribution in [1.29, 1.82) is 0 Å². The number of esters is 1. The molecule has 0 amide bonds. The number of aromatic nitrogens is 2. The van der Waals surface area contributed by atoms with E-state index in [2.05, 4.69) is 9.97 Å². The van der Waals surface area contributed by atoms with Crippen LogP contribution in [0.25, 0.3) is 21.9 Å². The number of benzene rings is 1. The molecule has 0 fully saturated rings. The van der Waals surface area contributed by atoms with E-state index in [4.69, 9.17) is 4.74 Å². The van der Waals surface area contributed by atoms with Gasteiger partial charge in [0.15, 0.2) is 0 Å². The van der Waals surface area contributed by atoms with Crippen LogP contribution in [0.1, 0.15) is 28.8 Å². The zero-order valence-electron chi connectivity index (χ0n) is 15.4. The van der Waals surface area contributed by atoms with Gasteiger partial charge in [0.25, 0.3) is 11.2 Å². The number of carbonyl (C=O) groups excluding carboxylic acids is 1. The van der Waals surface area contributed by atoms with Crippen LogP contribution in [0.3, 0.4) is 0 Å². The number of rotatable bonds is 5. The van der Waals surface area contributed by atoms with E-state index >= 15 is 0 Å². The van der Waals surface area contributed by atoms with Crippen molar-refractivity contribution >= 4 is 44.9 Å². The number of aromatic amines is 1. The number of nitrogens with zero attached hydrogens (tertiary/aromatic N) is 2. The minimum atomic E-state index is -0.645. The van der Waals surface area contributed by atoms with Gasteiger partial charge in [0.1, 0.15) is 16.2 Å². The number of thiophene rings is 1. The molecule has 0 aliphatic rings. The Morgan fingerprint density at radius 1 is 1.32 bits per heavy atom. The first-order chi connectivity index (χ1) is 13.3. The van der Waals surface area contributed by atoms with Gasteiger partial charge in [-0.25, -0.2) is 9.78 Å². The van der Waals surface area contributed by atoms with Crippen LogP contribution in [-0.4, -0.2) is 27.5 Å². The number of aryl methyl sites for hydroxylation is 2. The maximum Gasteiger partial charge on any atom is 0.341 e. The minimum absolute atomic E-state index is 0.0627. The highest BCUT2D eigenvalue weighted by molar-refractivity contribution is 7.18. The highest BCUT2D eigenvalue weighted by atomic mass is 32.1. The normalized spacial score (nSPS) is 11.6. The third kappa shape index (κ3) is 3.70. The van der Waals surface area contributed by atoms with E-state index in [9.17, 15) is 19.7 Å². The molecule has 0 saturated heterocycles. The molecule has 8 nitrogen and oxygen atoms in total. The van der Waals surface area contributed by atoms with E-state index in [0.29, 0.717) is 15.8 Å². The molecule has 144 valence electrons. The maximum atomic E-state index is 12.5. The van der Waals surface area contributed by atoms with Crippen LogP contribution in [0.2, 0.25) is 0 Å². The number of hydrogen-bond acceptors (Lipinski definition) is 7. The van der Waals surface area contributed by atoms with Crippen LogP contribution in [-0.2, 0) is 9.53 Å². The summed E-state index contributed by atoms with van der Waals surface area (Å²) in [6.07, 6.45) is 1.49. The summed E-state index contributed by atoms with van der Waals surface area (Å²) < 4.78 is 5.10. The highest BCUT2D eigenvalue weighted by Gasteiger charge is 2.19. The molecule has 2 heterocycles. The second-order valence-electron chi connectivity index (χ2n) is 6.01. The predicted molar refractivity (Wildman–Crippen MR) is 107 cm³/mol. The Hall–Kier alpha value is -3.33. The number of non-ortho nitro benzene ring substituents is 1. The Kier molecular flexibility index (Phi) is 5.36. The van der Waals surface area contributed by atoms with Crippen molar-refractivity contribution in [2.75, 3.05) is 6.61 Å². The molecular formula is C19H17N3O5S. The lowest BCUT2D eigenvalue weighted by Crippen LogP contribution is -2.15. The van der Waals surface area contributed by atoms with E-state index in [1.54, 1.807) is 6.92 Å². The molecule has 0 aliphatic carbocycles. The van der Waals surface area contributed by atoms with Gasteiger partial charge in [0.2, 0.25) is 0 Å². The van der Waals surface area contributed by atoms with Crippen molar-refractivity contribution in [2.45, 2.75) is 20.8 Å². The number of ether oxygens (including phenoxy) is 1. The Morgan fingerprint density at radius 2 is 2.00 bits per heavy atom. The van der Waals surface area contributed by atoms with Crippen molar-refractivity contribution < 1.29 is 14.5 Å². The fourth-order valence-electron chi connectivity index (χ4n) is 2.67. The SMILES string of the molecule is CCOC(=O)/C(=C\c1ccc([N+](=O)[O-])cc1)c1nc2sc(C)c(C)c2c(=O)[nH]1. The van der Waals surface area contributed by atoms with Gasteiger partial charge in [-0.3, -0.25) is 14.9 Å². The van der Waals surface area contributed by atoms with Crippen molar-refractivity contribution in [3.8, 4) is 0 Å². The van der Waals surface area contributed by atoms with Gasteiger partial charge < -0.3 is 9.72 Å². The largest absolute Gasteiger partial charge is 0.462 e. The lowest BCUT2D eigenvalue weighted by molar-refractivity contribution is -0.384. The maximum absolute atomic E-state index is 12.5. The zero-order valence-corrected chi connectivity index (χ0v) is 16.3. The quantitative estimate of drug-likeness (QED) is 0.303. The van der Waals surface area contributed by atoms with Gasteiger partial charge in [-0.15, -0.1) is 11.3 Å². The first-order valence-electron chi connectivity index (χ1n) is 8.45. The Labute approximate surface area is 163 Å². The van der Waals surface area contributed by atoms with Crippen LogP contribution in [0, 0.1) is 24.0 Å². The molecular weight excluding hydrogens is 382 g/mol. The lowest BCUT2D eigenvalue weighted by atomic mass is 10.1. The number of nitro benzene ring substituents is 1. The third-order valence-electron chi connectivity index (χ3n) is 4.20. The van der Waals surface area contributed by atoms with Gasteiger partial charge in [-0.1, -0.05) is 0 Å². The summed E-state index contributed by atoms with van der Waals surface area (Å²) in [4.78, 5) is 43.9. The zero-order chi connectivity index (χ0) is 20.4. The van der Waals surface area contributed by atoms with E-state index in [1.807, 2.05) is 13.8 Å². The second-order valence-corrected chi connectivity index (χ2v) is 7.21. The average molecular weight is 399 g/mol.